The molecular formula is C24H23F3N6O. The van der Waals surface area contributed by atoms with Gasteiger partial charge in [0.05, 0.1) is 17.8 Å². The molecule has 2 fully saturated rings. The molecule has 10 heteroatoms. The highest BCUT2D eigenvalue weighted by molar-refractivity contribution is 6.08. The molecule has 1 aromatic carbocycles. The van der Waals surface area contributed by atoms with Crippen LogP contribution in [0, 0.1) is 5.82 Å². The summed E-state index contributed by atoms with van der Waals surface area (Å²) >= 11 is 0. The van der Waals surface area contributed by atoms with Gasteiger partial charge < -0.3 is 15.1 Å². The fourth-order valence-corrected chi connectivity index (χ4v) is 4.22. The van der Waals surface area contributed by atoms with Crippen molar-refractivity contribution < 1.29 is 18.0 Å². The summed E-state index contributed by atoms with van der Waals surface area (Å²) < 4.78 is 42.6. The van der Waals surface area contributed by atoms with Crippen LogP contribution in [0.2, 0.25) is 0 Å². The number of pyridine rings is 1. The van der Waals surface area contributed by atoms with E-state index in [1.54, 1.807) is 24.3 Å². The standard InChI is InChI=1S/C24H23F3N6O/c1-15-7-10-33(15)23-29-12-16(13-30-23)22(34)31-20-18(17-4-2-3-5-19(17)25)6-9-28-21(20)32-11-8-24(26,27)14-32/h2-6,9,12-13,15H,7-8,10-11,14H2,1H3,(H,31,34). The van der Waals surface area contributed by atoms with Gasteiger partial charge >= 0.3 is 0 Å². The molecule has 3 aromatic rings. The number of alkyl halides is 2. The average Bonchev–Trinajstić information content (AvgIpc) is 3.18. The molecule has 2 aromatic heterocycles. The minimum atomic E-state index is -2.87. The normalized spacial score (nSPS) is 19.1. The van der Waals surface area contributed by atoms with Crippen molar-refractivity contribution in [2.45, 2.75) is 31.7 Å². The van der Waals surface area contributed by atoms with E-state index in [-0.39, 0.29) is 35.6 Å². The zero-order valence-corrected chi connectivity index (χ0v) is 18.5. The summed E-state index contributed by atoms with van der Waals surface area (Å²) in [4.78, 5) is 29.4. The molecule has 1 unspecified atom stereocenters. The molecule has 5 rings (SSSR count). The lowest BCUT2D eigenvalue weighted by Gasteiger charge is -2.38. The number of rotatable bonds is 5. The molecule has 0 spiro atoms. The van der Waals surface area contributed by atoms with E-state index in [4.69, 9.17) is 0 Å². The Hall–Kier alpha value is -3.69. The molecule has 1 atom stereocenters. The summed E-state index contributed by atoms with van der Waals surface area (Å²) in [6.07, 6.45) is 5.01. The van der Waals surface area contributed by atoms with Crippen LogP contribution in [0.4, 0.5) is 30.6 Å². The number of hydrogen-bond donors (Lipinski definition) is 1. The van der Waals surface area contributed by atoms with Crippen molar-refractivity contribution in [3.63, 3.8) is 0 Å². The number of amides is 1. The predicted octanol–water partition coefficient (Wildman–Crippen LogP) is 4.37. The summed E-state index contributed by atoms with van der Waals surface area (Å²) in [5, 5.41) is 2.76. The fraction of sp³-hybridized carbons (Fsp3) is 0.333. The Morgan fingerprint density at radius 3 is 2.47 bits per heavy atom. The van der Waals surface area contributed by atoms with Gasteiger partial charge in [-0.2, -0.15) is 0 Å². The maximum absolute atomic E-state index is 14.6. The van der Waals surface area contributed by atoms with Crippen LogP contribution in [0.15, 0.2) is 48.9 Å². The van der Waals surface area contributed by atoms with Crippen molar-refractivity contribution >= 4 is 23.4 Å². The van der Waals surface area contributed by atoms with Crippen LogP contribution in [-0.2, 0) is 0 Å². The molecule has 34 heavy (non-hydrogen) atoms. The second-order valence-corrected chi connectivity index (χ2v) is 8.62. The van der Waals surface area contributed by atoms with Crippen LogP contribution in [0.25, 0.3) is 11.1 Å². The van der Waals surface area contributed by atoms with Gasteiger partial charge in [0, 0.05) is 55.3 Å². The summed E-state index contributed by atoms with van der Waals surface area (Å²) in [5.41, 5.74) is 0.929. The number of nitrogens with zero attached hydrogens (tertiary/aromatic N) is 5. The van der Waals surface area contributed by atoms with E-state index in [0.29, 0.717) is 17.6 Å². The lowest BCUT2D eigenvalue weighted by molar-refractivity contribution is 0.0257. The average molecular weight is 468 g/mol. The van der Waals surface area contributed by atoms with E-state index in [2.05, 4.69) is 27.2 Å². The third-order valence-corrected chi connectivity index (χ3v) is 6.28. The van der Waals surface area contributed by atoms with Gasteiger partial charge in [-0.05, 0) is 25.5 Å². The topological polar surface area (TPSA) is 74.2 Å². The monoisotopic (exact) mass is 468 g/mol. The van der Waals surface area contributed by atoms with Crippen molar-refractivity contribution in [2.24, 2.45) is 0 Å². The summed E-state index contributed by atoms with van der Waals surface area (Å²) in [6, 6.07) is 7.98. The van der Waals surface area contributed by atoms with Crippen LogP contribution in [0.1, 0.15) is 30.1 Å². The highest BCUT2D eigenvalue weighted by Gasteiger charge is 2.40. The molecule has 2 aliphatic heterocycles. The van der Waals surface area contributed by atoms with Crippen LogP contribution < -0.4 is 15.1 Å². The first-order valence-electron chi connectivity index (χ1n) is 11.1. The summed E-state index contributed by atoms with van der Waals surface area (Å²) in [5.74, 6) is -3.20. The Labute approximate surface area is 194 Å². The first-order chi connectivity index (χ1) is 16.3. The van der Waals surface area contributed by atoms with Gasteiger partial charge in [0.1, 0.15) is 5.82 Å². The molecule has 1 N–H and O–H groups in total. The van der Waals surface area contributed by atoms with Crippen LogP contribution in [0.3, 0.4) is 0 Å². The van der Waals surface area contributed by atoms with Crippen molar-refractivity contribution in [2.75, 3.05) is 34.8 Å². The highest BCUT2D eigenvalue weighted by atomic mass is 19.3. The molecule has 0 aliphatic carbocycles. The number of carbonyl (C=O) groups excluding carboxylic acids is 1. The smallest absolute Gasteiger partial charge is 0.266 e. The van der Waals surface area contributed by atoms with E-state index >= 15 is 0 Å². The molecule has 176 valence electrons. The van der Waals surface area contributed by atoms with E-state index in [1.165, 1.54) is 29.6 Å². The predicted molar refractivity (Wildman–Crippen MR) is 123 cm³/mol. The third kappa shape index (κ3) is 4.15. The molecule has 2 saturated heterocycles. The molecule has 4 heterocycles. The van der Waals surface area contributed by atoms with Crippen LogP contribution in [-0.4, -0.2) is 52.5 Å². The number of hydrogen-bond acceptors (Lipinski definition) is 6. The summed E-state index contributed by atoms with van der Waals surface area (Å²) in [6.45, 7) is 2.46. The second kappa shape index (κ2) is 8.58. The SMILES string of the molecule is CC1CCN1c1ncc(C(=O)Nc2c(-c3ccccc3F)ccnc2N2CCC(F)(F)C2)cn1. The first-order valence-corrected chi connectivity index (χ1v) is 11.1. The Bertz CT molecular complexity index is 1220. The molecular weight excluding hydrogens is 445 g/mol. The van der Waals surface area contributed by atoms with Crippen LogP contribution in [0.5, 0.6) is 0 Å². The van der Waals surface area contributed by atoms with Gasteiger partial charge in [-0.1, -0.05) is 18.2 Å². The Morgan fingerprint density at radius 1 is 1.09 bits per heavy atom. The number of benzene rings is 1. The highest BCUT2D eigenvalue weighted by Crippen LogP contribution is 2.39. The maximum Gasteiger partial charge on any atom is 0.266 e. The van der Waals surface area contributed by atoms with Gasteiger partial charge in [-0.15, -0.1) is 0 Å². The lowest BCUT2D eigenvalue weighted by Crippen LogP contribution is -2.46. The molecule has 7 nitrogen and oxygen atoms in total. The van der Waals surface area contributed by atoms with Crippen molar-refractivity contribution in [3.8, 4) is 11.1 Å². The van der Waals surface area contributed by atoms with E-state index in [9.17, 15) is 18.0 Å². The zero-order valence-electron chi connectivity index (χ0n) is 18.5. The minimum absolute atomic E-state index is 0.0649. The number of halogens is 3. The van der Waals surface area contributed by atoms with Crippen molar-refractivity contribution in [1.29, 1.82) is 0 Å². The molecule has 0 radical (unpaired) electrons. The molecule has 2 aliphatic rings. The van der Waals surface area contributed by atoms with Crippen molar-refractivity contribution in [1.82, 2.24) is 15.0 Å². The zero-order chi connectivity index (χ0) is 23.9. The Kier molecular flexibility index (Phi) is 5.59. The number of nitrogens with one attached hydrogen (secondary N) is 1. The van der Waals surface area contributed by atoms with E-state index in [0.717, 1.165) is 13.0 Å². The van der Waals surface area contributed by atoms with E-state index < -0.39 is 24.2 Å². The molecule has 0 bridgehead atoms. The molecule has 0 saturated carbocycles. The first kappa shape index (κ1) is 22.1. The van der Waals surface area contributed by atoms with Gasteiger partial charge in [0.25, 0.3) is 11.8 Å². The number of carbonyl (C=O) groups is 1. The number of aromatic nitrogens is 3. The Morgan fingerprint density at radius 2 is 1.85 bits per heavy atom. The van der Waals surface area contributed by atoms with E-state index in [1.807, 2.05) is 4.90 Å². The lowest BCUT2D eigenvalue weighted by atomic mass is 10.0. The van der Waals surface area contributed by atoms with Gasteiger partial charge in [-0.25, -0.2) is 28.1 Å². The third-order valence-electron chi connectivity index (χ3n) is 6.28. The largest absolute Gasteiger partial charge is 0.349 e. The van der Waals surface area contributed by atoms with Crippen molar-refractivity contribution in [3.05, 3.63) is 60.3 Å². The number of anilines is 3. The Balaban J connectivity index is 1.50. The van der Waals surface area contributed by atoms with Gasteiger partial charge in [0.15, 0.2) is 5.82 Å². The van der Waals surface area contributed by atoms with Crippen LogP contribution >= 0.6 is 0 Å². The minimum Gasteiger partial charge on any atom is -0.349 e. The second-order valence-electron chi connectivity index (χ2n) is 8.62. The van der Waals surface area contributed by atoms with Gasteiger partial charge in [-0.3, -0.25) is 4.79 Å². The van der Waals surface area contributed by atoms with Gasteiger partial charge in [0.2, 0.25) is 5.95 Å². The maximum atomic E-state index is 14.6. The fourth-order valence-electron chi connectivity index (χ4n) is 4.22. The quantitative estimate of drug-likeness (QED) is 0.599. The molecule has 1 amide bonds. The summed E-state index contributed by atoms with van der Waals surface area (Å²) in [7, 11) is 0.